The first-order valence-electron chi connectivity index (χ1n) is 5.47. The average molecular weight is 228 g/mol. The highest BCUT2D eigenvalue weighted by atomic mass is 32.1. The molecule has 3 rings (SSSR count). The molecule has 0 N–H and O–H groups in total. The average Bonchev–Trinajstić information content (AvgIpc) is 2.72. The van der Waals surface area contributed by atoms with Crippen molar-refractivity contribution < 1.29 is 4.79 Å². The van der Waals surface area contributed by atoms with Crippen LogP contribution in [0, 0.1) is 0 Å². The maximum Gasteiger partial charge on any atom is 0.160 e. The van der Waals surface area contributed by atoms with Gasteiger partial charge in [-0.2, -0.15) is 0 Å². The molecule has 0 amide bonds. The van der Waals surface area contributed by atoms with E-state index in [-0.39, 0.29) is 0 Å². The number of carbonyl (C=O) groups excluding carboxylic acids is 1. The van der Waals surface area contributed by atoms with E-state index < -0.39 is 0 Å². The van der Waals surface area contributed by atoms with E-state index in [1.54, 1.807) is 11.3 Å². The topological polar surface area (TPSA) is 17.1 Å². The highest BCUT2D eigenvalue weighted by Crippen LogP contribution is 2.43. The van der Waals surface area contributed by atoms with Gasteiger partial charge in [-0.3, -0.25) is 4.79 Å². The molecular formula is C14H12OS. The molecule has 0 aliphatic heterocycles. The fraction of sp³-hybridized carbons (Fsp3) is 0.214. The van der Waals surface area contributed by atoms with Crippen LogP contribution in [0.2, 0.25) is 0 Å². The summed E-state index contributed by atoms with van der Waals surface area (Å²) in [6.45, 7) is 2.25. The van der Waals surface area contributed by atoms with Gasteiger partial charge in [0, 0.05) is 4.88 Å². The third kappa shape index (κ3) is 1.34. The molecule has 2 heteroatoms. The largest absolute Gasteiger partial charge is 0.297 e. The number of rotatable bonds is 1. The minimum atomic E-state index is 0.554. The van der Waals surface area contributed by atoms with Crippen LogP contribution in [-0.2, 0) is 6.42 Å². The quantitative estimate of drug-likeness (QED) is 0.677. The van der Waals surface area contributed by atoms with E-state index in [0.29, 0.717) is 5.92 Å². The first-order chi connectivity index (χ1) is 7.79. The Morgan fingerprint density at radius 2 is 2.19 bits per heavy atom. The lowest BCUT2D eigenvalue weighted by Gasteiger charge is -2.22. The molecule has 0 saturated heterocycles. The number of aldehydes is 1. The standard InChI is InChI=1S/C14H12OS/c1-9-6-10-7-11(8-15)16-14(10)13-5-3-2-4-12(9)13/h2-5,7-9H,6H2,1H3. The highest BCUT2D eigenvalue weighted by molar-refractivity contribution is 7.17. The summed E-state index contributed by atoms with van der Waals surface area (Å²) in [7, 11) is 0. The maximum atomic E-state index is 10.8. The number of hydrogen-bond acceptors (Lipinski definition) is 2. The van der Waals surface area contributed by atoms with Gasteiger partial charge >= 0.3 is 0 Å². The molecule has 1 aliphatic carbocycles. The van der Waals surface area contributed by atoms with Gasteiger partial charge < -0.3 is 0 Å². The van der Waals surface area contributed by atoms with Crippen LogP contribution in [0.3, 0.4) is 0 Å². The molecule has 0 saturated carbocycles. The van der Waals surface area contributed by atoms with Crippen molar-refractivity contribution in [3.05, 3.63) is 46.3 Å². The van der Waals surface area contributed by atoms with Crippen LogP contribution in [0.25, 0.3) is 10.4 Å². The van der Waals surface area contributed by atoms with Gasteiger partial charge in [-0.25, -0.2) is 0 Å². The Kier molecular flexibility index (Phi) is 2.18. The summed E-state index contributed by atoms with van der Waals surface area (Å²) in [6, 6.07) is 10.6. The minimum absolute atomic E-state index is 0.554. The van der Waals surface area contributed by atoms with E-state index >= 15 is 0 Å². The number of fused-ring (bicyclic) bond motifs is 3. The molecule has 0 fully saturated rings. The zero-order valence-corrected chi connectivity index (χ0v) is 9.88. The number of carbonyl (C=O) groups is 1. The molecule has 0 bridgehead atoms. The van der Waals surface area contributed by atoms with Crippen molar-refractivity contribution in [2.45, 2.75) is 19.3 Å². The van der Waals surface area contributed by atoms with Gasteiger partial charge in [-0.1, -0.05) is 31.2 Å². The van der Waals surface area contributed by atoms with E-state index in [1.165, 1.54) is 21.6 Å². The summed E-state index contributed by atoms with van der Waals surface area (Å²) in [5.41, 5.74) is 4.06. The van der Waals surface area contributed by atoms with Gasteiger partial charge in [0.05, 0.1) is 4.88 Å². The van der Waals surface area contributed by atoms with Crippen molar-refractivity contribution in [2.24, 2.45) is 0 Å². The second-order valence-corrected chi connectivity index (χ2v) is 5.40. The third-order valence-electron chi connectivity index (χ3n) is 3.21. The van der Waals surface area contributed by atoms with Crippen LogP contribution in [0.5, 0.6) is 0 Å². The van der Waals surface area contributed by atoms with Crippen LogP contribution < -0.4 is 0 Å². The summed E-state index contributed by atoms with van der Waals surface area (Å²) in [6.07, 6.45) is 2.01. The zero-order chi connectivity index (χ0) is 11.1. The zero-order valence-electron chi connectivity index (χ0n) is 9.07. The number of benzene rings is 1. The summed E-state index contributed by atoms with van der Waals surface area (Å²) in [5.74, 6) is 0.554. The molecule has 1 nitrogen and oxygen atoms in total. The van der Waals surface area contributed by atoms with Crippen molar-refractivity contribution in [2.75, 3.05) is 0 Å². The Morgan fingerprint density at radius 3 is 3.00 bits per heavy atom. The molecule has 1 aliphatic rings. The smallest absolute Gasteiger partial charge is 0.160 e. The Morgan fingerprint density at radius 1 is 1.38 bits per heavy atom. The molecule has 1 atom stereocenters. The summed E-state index contributed by atoms with van der Waals surface area (Å²) >= 11 is 1.61. The van der Waals surface area contributed by atoms with Gasteiger partial charge in [0.25, 0.3) is 0 Å². The molecule has 80 valence electrons. The van der Waals surface area contributed by atoms with Gasteiger partial charge in [0.15, 0.2) is 6.29 Å². The molecule has 1 aromatic carbocycles. The fourth-order valence-electron chi connectivity index (χ4n) is 2.46. The van der Waals surface area contributed by atoms with Crippen molar-refractivity contribution in [1.82, 2.24) is 0 Å². The monoisotopic (exact) mass is 228 g/mol. The summed E-state index contributed by atoms with van der Waals surface area (Å²) < 4.78 is 0. The first-order valence-corrected chi connectivity index (χ1v) is 6.28. The molecule has 0 spiro atoms. The Hall–Kier alpha value is -1.41. The third-order valence-corrected chi connectivity index (χ3v) is 4.34. The van der Waals surface area contributed by atoms with Crippen molar-refractivity contribution in [1.29, 1.82) is 0 Å². The minimum Gasteiger partial charge on any atom is -0.297 e. The molecule has 1 unspecified atom stereocenters. The molecular weight excluding hydrogens is 216 g/mol. The molecule has 0 radical (unpaired) electrons. The van der Waals surface area contributed by atoms with Crippen LogP contribution in [0.1, 0.15) is 33.6 Å². The molecule has 1 heterocycles. The maximum absolute atomic E-state index is 10.8. The van der Waals surface area contributed by atoms with Gasteiger partial charge in [0.1, 0.15) is 0 Å². The predicted molar refractivity (Wildman–Crippen MR) is 67.3 cm³/mol. The van der Waals surface area contributed by atoms with Crippen molar-refractivity contribution in [3.63, 3.8) is 0 Å². The SMILES string of the molecule is CC1Cc2cc(C=O)sc2-c2ccccc21. The lowest BCUT2D eigenvalue weighted by atomic mass is 9.84. The van der Waals surface area contributed by atoms with Crippen molar-refractivity contribution >= 4 is 17.6 Å². The van der Waals surface area contributed by atoms with Crippen LogP contribution in [0.15, 0.2) is 30.3 Å². The van der Waals surface area contributed by atoms with Crippen LogP contribution >= 0.6 is 11.3 Å². The van der Waals surface area contributed by atoms with Gasteiger partial charge in [-0.15, -0.1) is 11.3 Å². The van der Waals surface area contributed by atoms with Crippen molar-refractivity contribution in [3.8, 4) is 10.4 Å². The van der Waals surface area contributed by atoms with E-state index in [4.69, 9.17) is 0 Å². The van der Waals surface area contributed by atoms with Gasteiger partial charge in [-0.05, 0) is 35.1 Å². The number of thiophene rings is 1. The van der Waals surface area contributed by atoms with E-state index in [9.17, 15) is 4.79 Å². The Labute approximate surface area is 98.7 Å². The summed E-state index contributed by atoms with van der Waals surface area (Å²) in [5, 5.41) is 0. The van der Waals surface area contributed by atoms with Crippen LogP contribution in [-0.4, -0.2) is 6.29 Å². The lowest BCUT2D eigenvalue weighted by Crippen LogP contribution is -2.05. The molecule has 1 aromatic heterocycles. The normalized spacial score (nSPS) is 17.7. The Bertz CT molecular complexity index is 554. The number of hydrogen-bond donors (Lipinski definition) is 0. The molecule has 2 aromatic rings. The lowest BCUT2D eigenvalue weighted by molar-refractivity contribution is 0.112. The Balaban J connectivity index is 2.26. The first kappa shape index (κ1) is 9.79. The second-order valence-electron chi connectivity index (χ2n) is 4.31. The second kappa shape index (κ2) is 3.56. The van der Waals surface area contributed by atoms with Crippen LogP contribution in [0.4, 0.5) is 0 Å². The van der Waals surface area contributed by atoms with E-state index in [2.05, 4.69) is 31.2 Å². The summed E-state index contributed by atoms with van der Waals surface area (Å²) in [4.78, 5) is 13.0. The highest BCUT2D eigenvalue weighted by Gasteiger charge is 2.23. The van der Waals surface area contributed by atoms with E-state index in [0.717, 1.165) is 17.6 Å². The van der Waals surface area contributed by atoms with Gasteiger partial charge in [0.2, 0.25) is 0 Å². The fourth-order valence-corrected chi connectivity index (χ4v) is 3.52. The molecule has 16 heavy (non-hydrogen) atoms. The predicted octanol–water partition coefficient (Wildman–Crippen LogP) is 3.89. The van der Waals surface area contributed by atoms with E-state index in [1.807, 2.05) is 6.07 Å².